The Hall–Kier alpha value is -0.500. The molecule has 3 aliphatic heterocycles. The van der Waals surface area contributed by atoms with Crippen molar-refractivity contribution in [1.29, 1.82) is 0 Å². The summed E-state index contributed by atoms with van der Waals surface area (Å²) >= 11 is 0. The molecule has 212 valence electrons. The fourth-order valence-corrected chi connectivity index (χ4v) is 4.15. The Morgan fingerprint density at radius 1 is 0.735 bits per heavy atom. The van der Waals surface area contributed by atoms with Crippen molar-refractivity contribution in [2.24, 2.45) is 0 Å². The Kier molecular flexibility index (Phi) is 22.4. The number of aliphatic hydroxyl groups is 4. The van der Waals surface area contributed by atoms with Gasteiger partial charge in [-0.15, -0.1) is 0 Å². The third-order valence-corrected chi connectivity index (χ3v) is 5.83. The topological polar surface area (TPSA) is 127 Å². The molecule has 6 atom stereocenters. The Balaban J connectivity index is -0.000000750. The van der Waals surface area contributed by atoms with Gasteiger partial charge < -0.3 is 44.1 Å². The molecule has 3 aliphatic rings. The molecule has 3 rings (SSSR count). The highest BCUT2D eigenvalue weighted by atomic mass is 19.0. The highest BCUT2D eigenvalue weighted by Gasteiger charge is 2.44. The first-order valence-corrected chi connectivity index (χ1v) is 10.3. The number of hydrogen-bond acceptors (Lipinski definition) is 9. The molecule has 0 amide bonds. The van der Waals surface area contributed by atoms with Crippen molar-refractivity contribution in [2.45, 2.75) is 111 Å². The molecule has 0 spiro atoms. The second-order valence-electron chi connectivity index (χ2n) is 8.08. The average molecular weight is 511 g/mol. The summed E-state index contributed by atoms with van der Waals surface area (Å²) in [6.07, 6.45) is 3.70. The number of rotatable bonds is 10. The lowest BCUT2D eigenvalue weighted by molar-refractivity contribution is -0.331. The van der Waals surface area contributed by atoms with Crippen molar-refractivity contribution in [3.63, 3.8) is 0 Å². The van der Waals surface area contributed by atoms with Crippen LogP contribution in [-0.4, -0.2) is 96.1 Å². The Morgan fingerprint density at radius 3 is 1.88 bits per heavy atom. The molecule has 0 saturated carbocycles. The Morgan fingerprint density at radius 2 is 1.35 bits per heavy atom. The van der Waals surface area contributed by atoms with E-state index < -0.39 is 17.7 Å². The molecule has 11 heteroatoms. The Labute approximate surface area is 204 Å². The van der Waals surface area contributed by atoms with Gasteiger partial charge in [0.2, 0.25) is 0 Å². The zero-order valence-corrected chi connectivity index (χ0v) is 17.1. The quantitative estimate of drug-likeness (QED) is 0.351. The van der Waals surface area contributed by atoms with Gasteiger partial charge >= 0.3 is 0 Å². The smallest absolute Gasteiger partial charge is 0.194 e. The average Bonchev–Trinajstić information content (AvgIpc) is 3.33. The normalized spacial score (nSPS) is 34.2. The zero-order chi connectivity index (χ0) is 20.0. The molecule has 0 aliphatic carbocycles. The maximum absolute atomic E-state index is 9.72. The molecule has 0 bridgehead atoms. The van der Waals surface area contributed by atoms with E-state index in [0.29, 0.717) is 38.7 Å². The second-order valence-corrected chi connectivity index (χ2v) is 8.08. The minimum absolute atomic E-state index is 0. The summed E-state index contributed by atoms with van der Waals surface area (Å²) in [5.74, 6) is -1.11. The summed E-state index contributed by atoms with van der Waals surface area (Å²) in [6, 6.07) is 0. The fourth-order valence-electron chi connectivity index (χ4n) is 4.15. The molecular formula is C23H52F2O9. The number of halogens is 2. The van der Waals surface area contributed by atoms with Crippen LogP contribution in [0.15, 0.2) is 0 Å². The van der Waals surface area contributed by atoms with Gasteiger partial charge in [0, 0.05) is 6.42 Å². The summed E-state index contributed by atoms with van der Waals surface area (Å²) in [7, 11) is 0. The van der Waals surface area contributed by atoms with E-state index in [0.717, 1.165) is 12.8 Å². The van der Waals surface area contributed by atoms with E-state index in [9.17, 15) is 20.4 Å². The maximum atomic E-state index is 9.72. The lowest BCUT2D eigenvalue weighted by Crippen LogP contribution is -2.45. The summed E-state index contributed by atoms with van der Waals surface area (Å²) in [4.78, 5) is 0. The fraction of sp³-hybridized carbons (Fsp3) is 1.00. The number of ether oxygens (including phenoxy) is 5. The summed E-state index contributed by atoms with van der Waals surface area (Å²) in [5, 5.41) is 37.9. The van der Waals surface area contributed by atoms with E-state index in [1.54, 1.807) is 0 Å². The first kappa shape index (κ1) is 40.7. The van der Waals surface area contributed by atoms with Crippen molar-refractivity contribution in [3.05, 3.63) is 0 Å². The molecule has 6 unspecified atom stereocenters. The van der Waals surface area contributed by atoms with E-state index in [2.05, 4.69) is 0 Å². The van der Waals surface area contributed by atoms with E-state index in [4.69, 9.17) is 23.7 Å². The highest BCUT2D eigenvalue weighted by molar-refractivity contribution is 4.88. The molecule has 34 heavy (non-hydrogen) atoms. The van der Waals surface area contributed by atoms with Crippen molar-refractivity contribution in [3.8, 4) is 0 Å². The minimum atomic E-state index is -1.11. The second kappa shape index (κ2) is 18.7. The summed E-state index contributed by atoms with van der Waals surface area (Å²) in [6.45, 7) is 0.00154. The SMILES string of the molecule is C.C.C.C.F.F.OCC1CCC(CO)(COCC2CCCC(OC3(CO)CCC(CO)O3)O2)O1. The molecule has 4 N–H and O–H groups in total. The van der Waals surface area contributed by atoms with E-state index in [1.165, 1.54) is 0 Å². The lowest BCUT2D eigenvalue weighted by atomic mass is 10.0. The van der Waals surface area contributed by atoms with Crippen molar-refractivity contribution >= 4 is 0 Å². The molecular weight excluding hydrogens is 458 g/mol. The van der Waals surface area contributed by atoms with E-state index >= 15 is 0 Å². The number of aliphatic hydroxyl groups excluding tert-OH is 4. The summed E-state index contributed by atoms with van der Waals surface area (Å²) < 4.78 is 29.1. The monoisotopic (exact) mass is 510 g/mol. The van der Waals surface area contributed by atoms with Crippen LogP contribution in [0.1, 0.15) is 74.7 Å². The van der Waals surface area contributed by atoms with Crippen molar-refractivity contribution < 1.29 is 53.5 Å². The van der Waals surface area contributed by atoms with Crippen LogP contribution >= 0.6 is 0 Å². The van der Waals surface area contributed by atoms with Gasteiger partial charge in [-0.05, 0) is 38.5 Å². The first-order valence-electron chi connectivity index (χ1n) is 10.3. The minimum Gasteiger partial charge on any atom is -0.394 e. The van der Waals surface area contributed by atoms with Gasteiger partial charge in [-0.25, -0.2) is 0 Å². The Bertz CT molecular complexity index is 491. The molecule has 0 aromatic carbocycles. The molecule has 0 aromatic heterocycles. The van der Waals surface area contributed by atoms with Crippen LogP contribution in [0.3, 0.4) is 0 Å². The van der Waals surface area contributed by atoms with Gasteiger partial charge in [0.1, 0.15) is 5.60 Å². The van der Waals surface area contributed by atoms with Gasteiger partial charge in [-0.3, -0.25) is 9.41 Å². The van der Waals surface area contributed by atoms with Crippen molar-refractivity contribution in [2.75, 3.05) is 39.6 Å². The standard InChI is InChI=1S/C19H34O9.4CH4.2FH/c20-8-14-4-6-18(11-22,26-14)13-24-10-16-2-1-3-17(25-16)28-19(12-23)7-5-15(9-21)27-19;;;;;;/h14-17,20-23H,1-13H2;4*1H4;2*1H. The first-order chi connectivity index (χ1) is 13.6. The third kappa shape index (κ3) is 10.2. The maximum Gasteiger partial charge on any atom is 0.194 e. The van der Waals surface area contributed by atoms with Crippen LogP contribution in [0.4, 0.5) is 9.41 Å². The molecule has 9 nitrogen and oxygen atoms in total. The van der Waals surface area contributed by atoms with Gasteiger partial charge in [0.05, 0.1) is 58.0 Å². The van der Waals surface area contributed by atoms with E-state index in [1.807, 2.05) is 0 Å². The van der Waals surface area contributed by atoms with Crippen LogP contribution in [0, 0.1) is 0 Å². The molecule has 3 saturated heterocycles. The summed E-state index contributed by atoms with van der Waals surface area (Å²) in [5.41, 5.74) is -0.754. The lowest BCUT2D eigenvalue weighted by Gasteiger charge is -2.36. The highest BCUT2D eigenvalue weighted by Crippen LogP contribution is 2.35. The number of hydrogen-bond donors (Lipinski definition) is 4. The molecule has 0 radical (unpaired) electrons. The predicted octanol–water partition coefficient (Wildman–Crippen LogP) is 2.53. The van der Waals surface area contributed by atoms with Crippen molar-refractivity contribution in [1.82, 2.24) is 0 Å². The van der Waals surface area contributed by atoms with Crippen LogP contribution in [0.25, 0.3) is 0 Å². The van der Waals surface area contributed by atoms with Gasteiger partial charge in [0.15, 0.2) is 12.1 Å². The van der Waals surface area contributed by atoms with Crippen LogP contribution in [0.2, 0.25) is 0 Å². The zero-order valence-electron chi connectivity index (χ0n) is 17.1. The third-order valence-electron chi connectivity index (χ3n) is 5.83. The molecule has 0 aromatic rings. The van der Waals surface area contributed by atoms with E-state index in [-0.39, 0.29) is 90.5 Å². The van der Waals surface area contributed by atoms with Gasteiger partial charge in [0.25, 0.3) is 0 Å². The molecule has 3 heterocycles. The van der Waals surface area contributed by atoms with Crippen LogP contribution in [0.5, 0.6) is 0 Å². The largest absolute Gasteiger partial charge is 0.394 e. The van der Waals surface area contributed by atoms with Crippen LogP contribution in [-0.2, 0) is 23.7 Å². The molecule has 3 fully saturated rings. The van der Waals surface area contributed by atoms with Crippen LogP contribution < -0.4 is 0 Å². The van der Waals surface area contributed by atoms with Gasteiger partial charge in [-0.1, -0.05) is 29.7 Å². The van der Waals surface area contributed by atoms with Gasteiger partial charge in [-0.2, -0.15) is 0 Å². The predicted molar refractivity (Wildman–Crippen MR) is 128 cm³/mol.